The molecular weight excluding hydrogens is 395 g/mol. The van der Waals surface area contributed by atoms with Crippen LogP contribution in [0.5, 0.6) is 0 Å². The average Bonchev–Trinajstić information content (AvgIpc) is 2.89. The van der Waals surface area contributed by atoms with Gasteiger partial charge >= 0.3 is 12.1 Å². The molecule has 0 spiro atoms. The van der Waals surface area contributed by atoms with Gasteiger partial charge in [0.15, 0.2) is 16.4 Å². The topological polar surface area (TPSA) is 89.5 Å². The number of thioether (sulfide) groups is 1. The molecule has 1 aliphatic heterocycles. The van der Waals surface area contributed by atoms with Gasteiger partial charge < -0.3 is 10.1 Å². The zero-order valence-electron chi connectivity index (χ0n) is 13.4. The monoisotopic (exact) mass is 411 g/mol. The van der Waals surface area contributed by atoms with Crippen molar-refractivity contribution in [3.8, 4) is 0 Å². The number of carbonyl (C=O) groups excluding carboxylic acids is 2. The number of hydrogen-bond donors (Lipinski definition) is 1. The molecule has 144 valence electrons. The van der Waals surface area contributed by atoms with Crippen LogP contribution in [0.25, 0.3) is 0 Å². The van der Waals surface area contributed by atoms with Crippen LogP contribution in [0.1, 0.15) is 12.0 Å². The zero-order valence-corrected chi connectivity index (χ0v) is 15.0. The number of carbonyl (C=O) groups is 2. The van der Waals surface area contributed by atoms with E-state index < -0.39 is 40.1 Å². The highest BCUT2D eigenvalue weighted by atomic mass is 32.2. The molecule has 26 heavy (non-hydrogen) atoms. The van der Waals surface area contributed by atoms with Gasteiger partial charge in [0.2, 0.25) is 0 Å². The van der Waals surface area contributed by atoms with E-state index in [2.05, 4.69) is 5.32 Å². The summed E-state index contributed by atoms with van der Waals surface area (Å²) in [7, 11) is -3.03. The number of benzene rings is 1. The van der Waals surface area contributed by atoms with Crippen LogP contribution in [-0.4, -0.2) is 49.4 Å². The molecule has 1 aromatic carbocycles. The van der Waals surface area contributed by atoms with Crippen molar-refractivity contribution in [3.63, 3.8) is 0 Å². The van der Waals surface area contributed by atoms with Crippen LogP contribution in [0, 0.1) is 0 Å². The molecule has 0 aromatic heterocycles. The molecular formula is C15H16F3NO5S2. The molecule has 1 N–H and O–H groups in total. The third-order valence-electron chi connectivity index (χ3n) is 3.47. The third kappa shape index (κ3) is 6.52. The Bertz CT molecular complexity index is 780. The number of amides is 1. The molecule has 0 aliphatic carbocycles. The Balaban J connectivity index is 1.74. The van der Waals surface area contributed by atoms with E-state index in [1.807, 2.05) is 0 Å². The molecule has 1 fully saturated rings. The summed E-state index contributed by atoms with van der Waals surface area (Å²) in [6.45, 7) is -0.640. The largest absolute Gasteiger partial charge is 0.455 e. The number of rotatable bonds is 6. The normalized spacial score (nSPS) is 19.1. The van der Waals surface area contributed by atoms with Crippen molar-refractivity contribution in [1.82, 2.24) is 0 Å². The van der Waals surface area contributed by atoms with Crippen molar-refractivity contribution in [2.45, 2.75) is 17.8 Å². The minimum atomic E-state index is -4.53. The van der Waals surface area contributed by atoms with Crippen molar-refractivity contribution in [2.24, 2.45) is 0 Å². The molecule has 1 aromatic rings. The second-order valence-corrected chi connectivity index (χ2v) is 9.14. The molecule has 0 bridgehead atoms. The number of esters is 1. The Kier molecular flexibility index (Phi) is 6.56. The van der Waals surface area contributed by atoms with Crippen molar-refractivity contribution < 1.29 is 35.9 Å². The van der Waals surface area contributed by atoms with E-state index in [0.29, 0.717) is 6.42 Å². The summed E-state index contributed by atoms with van der Waals surface area (Å²) in [4.78, 5) is 23.3. The SMILES string of the molecule is O=C(COC(=O)CS[C@@H]1CCS(=O)(=O)C1)Nc1cccc(C(F)(F)F)c1. The third-order valence-corrected chi connectivity index (χ3v) is 6.72. The number of sulfone groups is 1. The highest BCUT2D eigenvalue weighted by molar-refractivity contribution is 8.02. The predicted octanol–water partition coefficient (Wildman–Crippen LogP) is 2.11. The molecule has 6 nitrogen and oxygen atoms in total. The second-order valence-electron chi connectivity index (χ2n) is 5.62. The van der Waals surface area contributed by atoms with Crippen LogP contribution in [0.15, 0.2) is 24.3 Å². The fraction of sp³-hybridized carbons (Fsp3) is 0.467. The van der Waals surface area contributed by atoms with Gasteiger partial charge in [0.05, 0.1) is 22.8 Å². The van der Waals surface area contributed by atoms with E-state index in [9.17, 15) is 31.2 Å². The molecule has 1 amide bonds. The molecule has 0 saturated carbocycles. The maximum absolute atomic E-state index is 12.6. The second kappa shape index (κ2) is 8.30. The van der Waals surface area contributed by atoms with Crippen molar-refractivity contribution in [1.29, 1.82) is 0 Å². The van der Waals surface area contributed by atoms with E-state index in [1.54, 1.807) is 0 Å². The first-order chi connectivity index (χ1) is 12.0. The zero-order chi connectivity index (χ0) is 19.4. The van der Waals surface area contributed by atoms with Gasteiger partial charge in [0.25, 0.3) is 5.91 Å². The van der Waals surface area contributed by atoms with Gasteiger partial charge in [0, 0.05) is 10.9 Å². The Labute approximate surface area is 152 Å². The van der Waals surface area contributed by atoms with Gasteiger partial charge in [-0.05, 0) is 24.6 Å². The first-order valence-electron chi connectivity index (χ1n) is 7.50. The van der Waals surface area contributed by atoms with Crippen LogP contribution in [0.4, 0.5) is 18.9 Å². The van der Waals surface area contributed by atoms with Gasteiger partial charge in [-0.3, -0.25) is 9.59 Å². The fourth-order valence-electron chi connectivity index (χ4n) is 2.24. The van der Waals surface area contributed by atoms with Gasteiger partial charge in [-0.1, -0.05) is 6.07 Å². The predicted molar refractivity (Wildman–Crippen MR) is 90.5 cm³/mol. The molecule has 1 saturated heterocycles. The van der Waals surface area contributed by atoms with E-state index in [4.69, 9.17) is 4.74 Å². The number of hydrogen-bond acceptors (Lipinski definition) is 6. The summed E-state index contributed by atoms with van der Waals surface area (Å²) >= 11 is 1.14. The minimum Gasteiger partial charge on any atom is -0.455 e. The molecule has 11 heteroatoms. The van der Waals surface area contributed by atoms with E-state index in [-0.39, 0.29) is 28.2 Å². The number of nitrogens with one attached hydrogen (secondary N) is 1. The smallest absolute Gasteiger partial charge is 0.416 e. The van der Waals surface area contributed by atoms with E-state index >= 15 is 0 Å². The number of anilines is 1. The van der Waals surface area contributed by atoms with E-state index in [1.165, 1.54) is 6.07 Å². The Morgan fingerprint density at radius 3 is 2.65 bits per heavy atom. The van der Waals surface area contributed by atoms with Crippen LogP contribution in [0.2, 0.25) is 0 Å². The molecule has 1 aliphatic rings. The summed E-state index contributed by atoms with van der Waals surface area (Å²) in [5, 5.41) is 2.04. The first-order valence-corrected chi connectivity index (χ1v) is 10.4. The number of alkyl halides is 3. The Morgan fingerprint density at radius 1 is 1.31 bits per heavy atom. The van der Waals surface area contributed by atoms with Gasteiger partial charge in [-0.25, -0.2) is 8.42 Å². The summed E-state index contributed by atoms with van der Waals surface area (Å²) < 4.78 is 65.2. The standard InChI is InChI=1S/C15H16F3NO5S2/c16-15(17,18)10-2-1-3-11(6-10)19-13(20)7-24-14(21)8-25-12-4-5-26(22,23)9-12/h1-3,6,12H,4-5,7-9H2,(H,19,20)/t12-/m1/s1. The summed E-state index contributed by atoms with van der Waals surface area (Å²) in [5.74, 6) is -1.46. The Morgan fingerprint density at radius 2 is 2.04 bits per heavy atom. The molecule has 2 rings (SSSR count). The average molecular weight is 411 g/mol. The molecule has 0 radical (unpaired) electrons. The lowest BCUT2D eigenvalue weighted by atomic mass is 10.2. The van der Waals surface area contributed by atoms with Gasteiger partial charge in [-0.15, -0.1) is 11.8 Å². The van der Waals surface area contributed by atoms with Crippen molar-refractivity contribution in [3.05, 3.63) is 29.8 Å². The van der Waals surface area contributed by atoms with Crippen LogP contribution < -0.4 is 5.32 Å². The molecule has 0 unspecified atom stereocenters. The lowest BCUT2D eigenvalue weighted by Gasteiger charge is -2.10. The van der Waals surface area contributed by atoms with Gasteiger partial charge in [-0.2, -0.15) is 13.2 Å². The maximum Gasteiger partial charge on any atom is 0.416 e. The summed E-state index contributed by atoms with van der Waals surface area (Å²) in [6.07, 6.45) is -4.06. The van der Waals surface area contributed by atoms with Crippen LogP contribution >= 0.6 is 11.8 Å². The number of halogens is 3. The quantitative estimate of drug-likeness (QED) is 0.722. The fourth-order valence-corrected chi connectivity index (χ4v) is 5.68. The maximum atomic E-state index is 12.6. The minimum absolute atomic E-state index is 0.0149. The summed E-state index contributed by atoms with van der Waals surface area (Å²) in [5.41, 5.74) is -0.971. The lowest BCUT2D eigenvalue weighted by Crippen LogP contribution is -2.22. The highest BCUT2D eigenvalue weighted by Crippen LogP contribution is 2.30. The van der Waals surface area contributed by atoms with Crippen LogP contribution in [0.3, 0.4) is 0 Å². The highest BCUT2D eigenvalue weighted by Gasteiger charge is 2.30. The first kappa shape index (κ1) is 20.6. The van der Waals surface area contributed by atoms with Crippen LogP contribution in [-0.2, 0) is 30.3 Å². The number of ether oxygens (including phenoxy) is 1. The lowest BCUT2D eigenvalue weighted by molar-refractivity contribution is -0.144. The Hall–Kier alpha value is -1.75. The van der Waals surface area contributed by atoms with E-state index in [0.717, 1.165) is 30.0 Å². The summed E-state index contributed by atoms with van der Waals surface area (Å²) in [6, 6.07) is 4.08. The molecule has 1 atom stereocenters. The van der Waals surface area contributed by atoms with Crippen molar-refractivity contribution >= 4 is 39.2 Å². The van der Waals surface area contributed by atoms with Crippen molar-refractivity contribution in [2.75, 3.05) is 29.2 Å². The van der Waals surface area contributed by atoms with Gasteiger partial charge in [0.1, 0.15) is 0 Å². The molecule has 1 heterocycles.